The summed E-state index contributed by atoms with van der Waals surface area (Å²) in [4.78, 5) is 2.39. The molecule has 5 nitrogen and oxygen atoms in total. The van der Waals surface area contributed by atoms with E-state index in [-0.39, 0.29) is 47.7 Å². The first-order valence-electron chi connectivity index (χ1n) is 11.7. The minimum Gasteiger partial charge on any atom is -0.489 e. The van der Waals surface area contributed by atoms with Crippen LogP contribution in [0.4, 0.5) is 4.39 Å². The van der Waals surface area contributed by atoms with E-state index in [9.17, 15) is 12.8 Å². The average molecular weight is 491 g/mol. The number of likely N-dealkylation sites (N-methyl/N-ethyl adjacent to an activating group) is 1. The largest absolute Gasteiger partial charge is 0.489 e. The third kappa shape index (κ3) is 3.87. The van der Waals surface area contributed by atoms with Crippen molar-refractivity contribution >= 4 is 21.6 Å². The predicted octanol–water partition coefficient (Wildman–Crippen LogP) is 3.75. The van der Waals surface area contributed by atoms with Gasteiger partial charge >= 0.3 is 0 Å². The molecule has 2 aromatic rings. The Morgan fingerprint density at radius 1 is 1.24 bits per heavy atom. The van der Waals surface area contributed by atoms with Crippen LogP contribution in [0, 0.1) is 17.2 Å². The number of benzene rings is 2. The van der Waals surface area contributed by atoms with Gasteiger partial charge in [-0.1, -0.05) is 23.7 Å². The SMILES string of the molecule is CN1C2C1C21Cc2cc(F)c(OCCNS(=O)(=O)CC3CC3)cc2C1Cc1cccc(Cl)c1. The van der Waals surface area contributed by atoms with Crippen molar-refractivity contribution in [3.63, 3.8) is 0 Å². The maximum absolute atomic E-state index is 14.9. The molecule has 8 heteroatoms. The second-order valence-electron chi connectivity index (χ2n) is 10.2. The number of hydrogen-bond donors (Lipinski definition) is 1. The number of fused-ring (bicyclic) bond motifs is 4. The number of ether oxygens (including phenoxy) is 1. The molecule has 1 saturated heterocycles. The summed E-state index contributed by atoms with van der Waals surface area (Å²) >= 11 is 6.23. The molecular formula is C25H28ClFN2O3S. The van der Waals surface area contributed by atoms with E-state index in [1.807, 2.05) is 24.3 Å². The zero-order valence-electron chi connectivity index (χ0n) is 18.6. The zero-order chi connectivity index (χ0) is 23.0. The van der Waals surface area contributed by atoms with Gasteiger partial charge in [-0.05, 0) is 85.5 Å². The maximum atomic E-state index is 14.9. The summed E-state index contributed by atoms with van der Waals surface area (Å²) in [5, 5.41) is 0.727. The number of likely N-dealkylation sites (tertiary alicyclic amines) is 1. The Morgan fingerprint density at radius 3 is 2.73 bits per heavy atom. The van der Waals surface area contributed by atoms with Gasteiger partial charge in [-0.25, -0.2) is 17.5 Å². The van der Waals surface area contributed by atoms with Gasteiger partial charge in [0.25, 0.3) is 0 Å². The Bertz CT molecular complexity index is 1210. The number of sulfonamides is 1. The molecule has 3 aliphatic carbocycles. The molecule has 33 heavy (non-hydrogen) atoms. The second-order valence-corrected chi connectivity index (χ2v) is 12.5. The van der Waals surface area contributed by atoms with Gasteiger partial charge in [0.05, 0.1) is 5.75 Å². The summed E-state index contributed by atoms with van der Waals surface area (Å²) in [6.45, 7) is 0.230. The fraction of sp³-hybridized carbons (Fsp3) is 0.520. The third-order valence-electron chi connectivity index (χ3n) is 7.96. The van der Waals surface area contributed by atoms with Gasteiger partial charge in [0.2, 0.25) is 10.0 Å². The van der Waals surface area contributed by atoms with Crippen molar-refractivity contribution in [3.05, 3.63) is 63.9 Å². The van der Waals surface area contributed by atoms with Crippen molar-refractivity contribution < 1.29 is 17.5 Å². The highest BCUT2D eigenvalue weighted by molar-refractivity contribution is 7.89. The van der Waals surface area contributed by atoms with Gasteiger partial charge in [-0.15, -0.1) is 0 Å². The first-order valence-corrected chi connectivity index (χ1v) is 13.7. The molecule has 3 fully saturated rings. The van der Waals surface area contributed by atoms with Crippen LogP contribution in [-0.4, -0.2) is 51.4 Å². The molecule has 1 N–H and O–H groups in total. The van der Waals surface area contributed by atoms with Crippen LogP contribution in [0.2, 0.25) is 5.02 Å². The molecule has 176 valence electrons. The second kappa shape index (κ2) is 7.67. The van der Waals surface area contributed by atoms with Crippen molar-refractivity contribution in [2.75, 3.05) is 26.0 Å². The molecule has 1 spiro atoms. The van der Waals surface area contributed by atoms with Crippen molar-refractivity contribution in [1.82, 2.24) is 9.62 Å². The molecule has 3 unspecified atom stereocenters. The Kier molecular flexibility index (Phi) is 5.07. The number of nitrogens with one attached hydrogen (secondary N) is 1. The Labute approximate surface area is 199 Å². The summed E-state index contributed by atoms with van der Waals surface area (Å²) in [6.07, 6.45) is 3.71. The van der Waals surface area contributed by atoms with Crippen molar-refractivity contribution in [3.8, 4) is 5.75 Å². The molecule has 1 aliphatic heterocycles. The zero-order valence-corrected chi connectivity index (χ0v) is 20.1. The Morgan fingerprint density at radius 2 is 2.03 bits per heavy atom. The van der Waals surface area contributed by atoms with E-state index in [0.29, 0.717) is 12.1 Å². The molecular weight excluding hydrogens is 463 g/mol. The van der Waals surface area contributed by atoms with Crippen LogP contribution in [0.3, 0.4) is 0 Å². The standard InChI is InChI=1S/C25H28ClFN2O3S/c1-29-23-24(29)25(23)13-17-11-21(27)22(32-8-7-28-33(30,31)14-15-5-6-15)12-19(17)20(25)10-16-3-2-4-18(26)9-16/h2-4,9,11-12,15,20,23-24,28H,5-8,10,13-14H2,1H3. The molecule has 6 rings (SSSR count). The molecule has 3 atom stereocenters. The fourth-order valence-corrected chi connectivity index (χ4v) is 7.89. The van der Waals surface area contributed by atoms with Crippen LogP contribution in [0.15, 0.2) is 36.4 Å². The first-order chi connectivity index (χ1) is 15.8. The van der Waals surface area contributed by atoms with Crippen LogP contribution in [0.5, 0.6) is 5.75 Å². The summed E-state index contributed by atoms with van der Waals surface area (Å²) in [5.74, 6) is 0.567. The molecule has 2 aromatic carbocycles. The molecule has 0 radical (unpaired) electrons. The quantitative estimate of drug-likeness (QED) is 0.429. The predicted molar refractivity (Wildman–Crippen MR) is 126 cm³/mol. The van der Waals surface area contributed by atoms with Crippen LogP contribution in [0.1, 0.15) is 35.4 Å². The number of rotatable bonds is 9. The van der Waals surface area contributed by atoms with Crippen molar-refractivity contribution in [2.45, 2.75) is 43.7 Å². The number of halogens is 2. The van der Waals surface area contributed by atoms with Gasteiger partial charge in [0, 0.05) is 29.1 Å². The molecule has 0 bridgehead atoms. The summed E-state index contributed by atoms with van der Waals surface area (Å²) in [7, 11) is -1.14. The highest BCUT2D eigenvalue weighted by Crippen LogP contribution is 2.76. The molecule has 0 aromatic heterocycles. The van der Waals surface area contributed by atoms with Gasteiger partial charge in [0.15, 0.2) is 11.6 Å². The lowest BCUT2D eigenvalue weighted by molar-refractivity contribution is 0.226. The highest BCUT2D eigenvalue weighted by atomic mass is 35.5. The van der Waals surface area contributed by atoms with Gasteiger partial charge in [0.1, 0.15) is 6.61 Å². The van der Waals surface area contributed by atoms with E-state index in [2.05, 4.69) is 22.7 Å². The Hall–Kier alpha value is -1.67. The smallest absolute Gasteiger partial charge is 0.211 e. The number of hydrogen-bond acceptors (Lipinski definition) is 4. The highest BCUT2D eigenvalue weighted by Gasteiger charge is 2.84. The van der Waals surface area contributed by atoms with Crippen LogP contribution in [0.25, 0.3) is 0 Å². The topological polar surface area (TPSA) is 58.4 Å². The molecule has 2 saturated carbocycles. The van der Waals surface area contributed by atoms with Crippen LogP contribution in [-0.2, 0) is 22.9 Å². The lowest BCUT2D eigenvalue weighted by Crippen LogP contribution is -2.31. The average Bonchev–Trinajstić information content (AvgIpc) is 3.69. The van der Waals surface area contributed by atoms with Gasteiger partial charge in [-0.3, -0.25) is 4.90 Å². The number of nitrogens with zero attached hydrogens (tertiary/aromatic N) is 1. The molecule has 0 amide bonds. The monoisotopic (exact) mass is 490 g/mol. The van der Waals surface area contributed by atoms with E-state index in [4.69, 9.17) is 16.3 Å². The van der Waals surface area contributed by atoms with E-state index >= 15 is 0 Å². The van der Waals surface area contributed by atoms with E-state index in [0.717, 1.165) is 41.8 Å². The lowest BCUT2D eigenvalue weighted by Gasteiger charge is -2.29. The normalized spacial score (nSPS) is 31.4. The summed E-state index contributed by atoms with van der Waals surface area (Å²) in [5.41, 5.74) is 3.59. The Balaban J connectivity index is 1.18. The van der Waals surface area contributed by atoms with Crippen molar-refractivity contribution in [1.29, 1.82) is 0 Å². The maximum Gasteiger partial charge on any atom is 0.211 e. The minimum atomic E-state index is -3.29. The van der Waals surface area contributed by atoms with E-state index < -0.39 is 10.0 Å². The summed E-state index contributed by atoms with van der Waals surface area (Å²) < 4.78 is 47.2. The third-order valence-corrected chi connectivity index (χ3v) is 9.75. The van der Waals surface area contributed by atoms with Gasteiger partial charge < -0.3 is 4.74 Å². The summed E-state index contributed by atoms with van der Waals surface area (Å²) in [6, 6.07) is 12.6. The minimum absolute atomic E-state index is 0.0949. The lowest BCUT2D eigenvalue weighted by atomic mass is 9.81. The van der Waals surface area contributed by atoms with Crippen LogP contribution < -0.4 is 9.46 Å². The van der Waals surface area contributed by atoms with Crippen molar-refractivity contribution in [2.24, 2.45) is 11.3 Å². The van der Waals surface area contributed by atoms with Crippen LogP contribution >= 0.6 is 11.6 Å². The van der Waals surface area contributed by atoms with E-state index in [1.54, 1.807) is 6.07 Å². The van der Waals surface area contributed by atoms with Gasteiger partial charge in [-0.2, -0.15) is 0 Å². The van der Waals surface area contributed by atoms with E-state index in [1.165, 1.54) is 5.56 Å². The fourth-order valence-electron chi connectivity index (χ4n) is 6.21. The first kappa shape index (κ1) is 21.8. The molecule has 4 aliphatic rings. The molecule has 1 heterocycles.